The van der Waals surface area contributed by atoms with E-state index in [1.807, 2.05) is 0 Å². The smallest absolute Gasteiger partial charge is 0.262 e. The molecule has 23 heavy (non-hydrogen) atoms. The van der Waals surface area contributed by atoms with Crippen molar-refractivity contribution >= 4 is 27.3 Å². The topological polar surface area (TPSA) is 73.9 Å². The van der Waals surface area contributed by atoms with Gasteiger partial charge in [-0.3, -0.25) is 4.72 Å². The summed E-state index contributed by atoms with van der Waals surface area (Å²) >= 11 is 5.98. The quantitative estimate of drug-likeness (QED) is 0.859. The van der Waals surface area contributed by atoms with Gasteiger partial charge in [0, 0.05) is 6.07 Å². The van der Waals surface area contributed by atoms with E-state index in [9.17, 15) is 8.42 Å². The lowest BCUT2D eigenvalue weighted by atomic mass is 10.3. The maximum Gasteiger partial charge on any atom is 0.262 e. The molecule has 0 fully saturated rings. The van der Waals surface area contributed by atoms with E-state index in [1.165, 1.54) is 39.5 Å². The Hall–Kier alpha value is -2.12. The van der Waals surface area contributed by atoms with Crippen molar-refractivity contribution in [2.75, 3.05) is 26.1 Å². The van der Waals surface area contributed by atoms with Gasteiger partial charge in [0.15, 0.2) is 0 Å². The van der Waals surface area contributed by atoms with Crippen molar-refractivity contribution in [3.05, 3.63) is 41.4 Å². The van der Waals surface area contributed by atoms with Crippen LogP contribution in [0.2, 0.25) is 5.02 Å². The number of benzene rings is 2. The Morgan fingerprint density at radius 1 is 0.913 bits per heavy atom. The molecular formula is C15H16ClNO5S. The standard InChI is InChI=1S/C15H16ClNO5S/c1-20-10-4-6-13(15(8-10)22-3)17-23(18,19)11-5-7-14(21-2)12(16)9-11/h4-9,17H,1-3H3. The number of ether oxygens (including phenoxy) is 3. The summed E-state index contributed by atoms with van der Waals surface area (Å²) in [6, 6.07) is 8.98. The van der Waals surface area contributed by atoms with Gasteiger partial charge in [0.1, 0.15) is 17.2 Å². The average molecular weight is 358 g/mol. The summed E-state index contributed by atoms with van der Waals surface area (Å²) < 4.78 is 42.7. The number of hydrogen-bond donors (Lipinski definition) is 1. The number of anilines is 1. The molecule has 2 rings (SSSR count). The fourth-order valence-corrected chi connectivity index (χ4v) is 3.32. The van der Waals surface area contributed by atoms with E-state index in [2.05, 4.69) is 4.72 Å². The molecule has 8 heteroatoms. The summed E-state index contributed by atoms with van der Waals surface area (Å²) in [6.45, 7) is 0. The number of rotatable bonds is 6. The van der Waals surface area contributed by atoms with Crippen LogP contribution in [0, 0.1) is 0 Å². The molecule has 6 nitrogen and oxygen atoms in total. The van der Waals surface area contributed by atoms with E-state index >= 15 is 0 Å². The molecule has 0 heterocycles. The number of halogens is 1. The summed E-state index contributed by atoms with van der Waals surface area (Å²) in [6.07, 6.45) is 0. The fourth-order valence-electron chi connectivity index (χ4n) is 1.90. The van der Waals surface area contributed by atoms with E-state index in [-0.39, 0.29) is 9.92 Å². The Kier molecular flexibility index (Phi) is 5.23. The Labute approximate surface area is 140 Å². The first-order valence-electron chi connectivity index (χ1n) is 6.49. The summed E-state index contributed by atoms with van der Waals surface area (Å²) in [4.78, 5) is 0.0150. The number of hydrogen-bond acceptors (Lipinski definition) is 5. The molecule has 0 aromatic heterocycles. The Bertz CT molecular complexity index is 808. The lowest BCUT2D eigenvalue weighted by molar-refractivity contribution is 0.395. The molecule has 0 aliphatic rings. The van der Waals surface area contributed by atoms with Crippen LogP contribution in [-0.2, 0) is 10.0 Å². The van der Waals surface area contributed by atoms with Crippen LogP contribution < -0.4 is 18.9 Å². The zero-order chi connectivity index (χ0) is 17.0. The minimum absolute atomic E-state index is 0.0150. The molecule has 0 aliphatic carbocycles. The predicted molar refractivity (Wildman–Crippen MR) is 88.4 cm³/mol. The van der Waals surface area contributed by atoms with Gasteiger partial charge >= 0.3 is 0 Å². The van der Waals surface area contributed by atoms with Crippen molar-refractivity contribution in [1.29, 1.82) is 0 Å². The second kappa shape index (κ2) is 6.97. The Balaban J connectivity index is 2.36. The van der Waals surface area contributed by atoms with Crippen molar-refractivity contribution < 1.29 is 22.6 Å². The zero-order valence-corrected chi connectivity index (χ0v) is 14.4. The minimum atomic E-state index is -3.82. The summed E-state index contributed by atoms with van der Waals surface area (Å²) in [5, 5.41) is 0.206. The Morgan fingerprint density at radius 3 is 2.17 bits per heavy atom. The molecule has 0 saturated heterocycles. The van der Waals surface area contributed by atoms with Gasteiger partial charge in [-0.15, -0.1) is 0 Å². The predicted octanol–water partition coefficient (Wildman–Crippen LogP) is 3.17. The second-order valence-corrected chi connectivity index (χ2v) is 6.56. The van der Waals surface area contributed by atoms with E-state index in [0.29, 0.717) is 22.9 Å². The SMILES string of the molecule is COc1ccc(NS(=O)(=O)c2ccc(OC)c(Cl)c2)c(OC)c1. The lowest BCUT2D eigenvalue weighted by Gasteiger charge is -2.13. The molecule has 0 bridgehead atoms. The molecule has 1 N–H and O–H groups in total. The summed E-state index contributed by atoms with van der Waals surface area (Å²) in [7, 11) is 0.584. The lowest BCUT2D eigenvalue weighted by Crippen LogP contribution is -2.13. The number of methoxy groups -OCH3 is 3. The van der Waals surface area contributed by atoms with Crippen LogP contribution in [0.15, 0.2) is 41.3 Å². The molecule has 0 atom stereocenters. The minimum Gasteiger partial charge on any atom is -0.497 e. The van der Waals surface area contributed by atoms with E-state index in [0.717, 1.165) is 0 Å². The van der Waals surface area contributed by atoms with Gasteiger partial charge in [-0.05, 0) is 30.3 Å². The van der Waals surface area contributed by atoms with Crippen LogP contribution in [0.4, 0.5) is 5.69 Å². The van der Waals surface area contributed by atoms with Gasteiger partial charge in [-0.25, -0.2) is 8.42 Å². The van der Waals surface area contributed by atoms with Crippen LogP contribution in [-0.4, -0.2) is 29.7 Å². The van der Waals surface area contributed by atoms with Gasteiger partial charge in [0.2, 0.25) is 0 Å². The maximum absolute atomic E-state index is 12.5. The van der Waals surface area contributed by atoms with Gasteiger partial charge in [0.25, 0.3) is 10.0 Å². The highest BCUT2D eigenvalue weighted by Gasteiger charge is 2.18. The molecule has 2 aromatic rings. The first kappa shape index (κ1) is 17.2. The van der Waals surface area contributed by atoms with Crippen LogP contribution in [0.25, 0.3) is 0 Å². The van der Waals surface area contributed by atoms with Crippen molar-refractivity contribution in [1.82, 2.24) is 0 Å². The van der Waals surface area contributed by atoms with Crippen molar-refractivity contribution in [2.45, 2.75) is 4.90 Å². The third-order valence-corrected chi connectivity index (χ3v) is 4.75. The van der Waals surface area contributed by atoms with Gasteiger partial charge < -0.3 is 14.2 Å². The van der Waals surface area contributed by atoms with Crippen LogP contribution in [0.1, 0.15) is 0 Å². The summed E-state index contributed by atoms with van der Waals surface area (Å²) in [5.74, 6) is 1.29. The van der Waals surface area contributed by atoms with Crippen LogP contribution in [0.3, 0.4) is 0 Å². The average Bonchev–Trinajstić information content (AvgIpc) is 2.54. The van der Waals surface area contributed by atoms with Crippen LogP contribution in [0.5, 0.6) is 17.2 Å². The van der Waals surface area contributed by atoms with Gasteiger partial charge in [-0.2, -0.15) is 0 Å². The van der Waals surface area contributed by atoms with Crippen molar-refractivity contribution in [3.63, 3.8) is 0 Å². The highest BCUT2D eigenvalue weighted by Crippen LogP contribution is 2.32. The zero-order valence-electron chi connectivity index (χ0n) is 12.8. The Morgan fingerprint density at radius 2 is 1.61 bits per heavy atom. The molecule has 0 aliphatic heterocycles. The first-order valence-corrected chi connectivity index (χ1v) is 8.35. The summed E-state index contributed by atoms with van der Waals surface area (Å²) in [5.41, 5.74) is 0.292. The third kappa shape index (κ3) is 3.80. The molecule has 0 saturated carbocycles. The monoisotopic (exact) mass is 357 g/mol. The molecule has 0 radical (unpaired) electrons. The largest absolute Gasteiger partial charge is 0.497 e. The highest BCUT2D eigenvalue weighted by molar-refractivity contribution is 7.92. The van der Waals surface area contributed by atoms with E-state index in [1.54, 1.807) is 18.2 Å². The highest BCUT2D eigenvalue weighted by atomic mass is 35.5. The number of sulfonamides is 1. The molecule has 2 aromatic carbocycles. The van der Waals surface area contributed by atoms with Crippen molar-refractivity contribution in [2.24, 2.45) is 0 Å². The third-order valence-electron chi connectivity index (χ3n) is 3.09. The van der Waals surface area contributed by atoms with Gasteiger partial charge in [0.05, 0.1) is 36.9 Å². The molecule has 124 valence electrons. The molecule has 0 amide bonds. The van der Waals surface area contributed by atoms with Crippen LogP contribution >= 0.6 is 11.6 Å². The second-order valence-electron chi connectivity index (χ2n) is 4.47. The molecule has 0 spiro atoms. The van der Waals surface area contributed by atoms with E-state index in [4.69, 9.17) is 25.8 Å². The van der Waals surface area contributed by atoms with Gasteiger partial charge in [-0.1, -0.05) is 11.6 Å². The fraction of sp³-hybridized carbons (Fsp3) is 0.200. The normalized spacial score (nSPS) is 11.0. The van der Waals surface area contributed by atoms with Crippen molar-refractivity contribution in [3.8, 4) is 17.2 Å². The first-order chi connectivity index (χ1) is 10.9. The van der Waals surface area contributed by atoms with E-state index < -0.39 is 10.0 Å². The maximum atomic E-state index is 12.5. The molecule has 0 unspecified atom stereocenters. The number of nitrogens with one attached hydrogen (secondary N) is 1. The molecular weight excluding hydrogens is 342 g/mol.